The highest BCUT2D eigenvalue weighted by molar-refractivity contribution is 6.02. The second-order valence-corrected chi connectivity index (χ2v) is 9.08. The van der Waals surface area contributed by atoms with E-state index in [1.165, 1.54) is 0 Å². The summed E-state index contributed by atoms with van der Waals surface area (Å²) in [7, 11) is 3.34. The van der Waals surface area contributed by atoms with Crippen molar-refractivity contribution in [2.75, 3.05) is 19.1 Å². The third kappa shape index (κ3) is 4.75. The molecule has 5 rings (SSSR count). The fourth-order valence-corrected chi connectivity index (χ4v) is 4.75. The molecule has 2 atom stereocenters. The number of ether oxygens (including phenoxy) is 1. The van der Waals surface area contributed by atoms with Gasteiger partial charge in [-0.1, -0.05) is 36.4 Å². The Morgan fingerprint density at radius 1 is 1.22 bits per heavy atom. The number of amides is 2. The Bertz CT molecular complexity index is 1440. The molecule has 0 spiro atoms. The van der Waals surface area contributed by atoms with Crippen LogP contribution in [-0.2, 0) is 22.6 Å². The molecule has 3 N–H and O–H groups in total. The van der Waals surface area contributed by atoms with Crippen molar-refractivity contribution in [1.82, 2.24) is 31.3 Å². The number of nitrogens with zero attached hydrogens (tertiary/aromatic N) is 4. The second-order valence-electron chi connectivity index (χ2n) is 9.08. The van der Waals surface area contributed by atoms with Crippen molar-refractivity contribution in [2.24, 2.45) is 0 Å². The van der Waals surface area contributed by atoms with Crippen LogP contribution < -0.4 is 20.3 Å². The van der Waals surface area contributed by atoms with Gasteiger partial charge in [0.15, 0.2) is 0 Å². The first-order valence-electron chi connectivity index (χ1n) is 12.2. The lowest BCUT2D eigenvalue weighted by Crippen LogP contribution is -2.52. The molecular weight excluding hydrogens is 470 g/mol. The zero-order valence-corrected chi connectivity index (χ0v) is 21.0. The molecule has 190 valence electrons. The molecule has 2 unspecified atom stereocenters. The third-order valence-corrected chi connectivity index (χ3v) is 6.92. The number of H-pyrrole nitrogens is 1. The molecule has 2 heterocycles. The van der Waals surface area contributed by atoms with Crippen LogP contribution in [0, 0.1) is 0 Å². The van der Waals surface area contributed by atoms with E-state index in [4.69, 9.17) is 4.74 Å². The lowest BCUT2D eigenvalue weighted by Gasteiger charge is -2.28. The number of likely N-dealkylation sites (N-methyl/N-ethyl adjacent to an activating group) is 1. The van der Waals surface area contributed by atoms with Crippen molar-refractivity contribution < 1.29 is 14.3 Å². The van der Waals surface area contributed by atoms with Crippen LogP contribution >= 0.6 is 0 Å². The normalized spacial score (nSPS) is 16.2. The summed E-state index contributed by atoms with van der Waals surface area (Å²) in [6.45, 7) is 2.05. The van der Waals surface area contributed by atoms with Crippen molar-refractivity contribution in [3.05, 3.63) is 65.7 Å². The van der Waals surface area contributed by atoms with Gasteiger partial charge in [-0.15, -0.1) is 10.2 Å². The number of tetrazole rings is 1. The minimum Gasteiger partial charge on any atom is -0.496 e. The fourth-order valence-electron chi connectivity index (χ4n) is 4.75. The zero-order valence-electron chi connectivity index (χ0n) is 21.0. The first-order chi connectivity index (χ1) is 18.0. The maximum absolute atomic E-state index is 13.9. The smallest absolute Gasteiger partial charge is 0.249 e. The summed E-state index contributed by atoms with van der Waals surface area (Å²) in [6, 6.07) is 16.6. The number of benzene rings is 3. The number of hydrogen-bond donors (Lipinski definition) is 3. The van der Waals surface area contributed by atoms with Gasteiger partial charge in [0.05, 0.1) is 19.7 Å². The van der Waals surface area contributed by atoms with Gasteiger partial charge in [-0.2, -0.15) is 5.21 Å². The Kier molecular flexibility index (Phi) is 6.82. The van der Waals surface area contributed by atoms with Gasteiger partial charge in [-0.3, -0.25) is 9.59 Å². The molecule has 3 aromatic carbocycles. The molecule has 1 aliphatic heterocycles. The number of fused-ring (bicyclic) bond motifs is 2. The van der Waals surface area contributed by atoms with E-state index in [2.05, 4.69) is 31.3 Å². The molecule has 0 radical (unpaired) electrons. The van der Waals surface area contributed by atoms with Gasteiger partial charge >= 0.3 is 0 Å². The van der Waals surface area contributed by atoms with Gasteiger partial charge < -0.3 is 20.3 Å². The number of methoxy groups -OCH3 is 1. The maximum Gasteiger partial charge on any atom is 0.249 e. The molecular formula is C27H29N7O3. The largest absolute Gasteiger partial charge is 0.496 e. The van der Waals surface area contributed by atoms with Crippen molar-refractivity contribution >= 4 is 28.3 Å². The number of nitrogens with one attached hydrogen (secondary N) is 3. The quantitative estimate of drug-likeness (QED) is 0.357. The third-order valence-electron chi connectivity index (χ3n) is 6.92. The highest BCUT2D eigenvalue weighted by atomic mass is 16.5. The monoisotopic (exact) mass is 499 g/mol. The van der Waals surface area contributed by atoms with Crippen LogP contribution in [0.1, 0.15) is 24.5 Å². The Morgan fingerprint density at radius 3 is 2.81 bits per heavy atom. The van der Waals surface area contributed by atoms with Crippen LogP contribution in [0.4, 0.5) is 5.69 Å². The number of anilines is 1. The van der Waals surface area contributed by atoms with Gasteiger partial charge in [0.2, 0.25) is 17.6 Å². The highest BCUT2D eigenvalue weighted by Crippen LogP contribution is 2.35. The highest BCUT2D eigenvalue weighted by Gasteiger charge is 2.33. The average molecular weight is 500 g/mol. The summed E-state index contributed by atoms with van der Waals surface area (Å²) in [4.78, 5) is 28.4. The Morgan fingerprint density at radius 2 is 2.05 bits per heavy atom. The van der Waals surface area contributed by atoms with Crippen molar-refractivity contribution in [3.63, 3.8) is 0 Å². The van der Waals surface area contributed by atoms with E-state index in [1.54, 1.807) is 26.0 Å². The summed E-state index contributed by atoms with van der Waals surface area (Å²) >= 11 is 0. The molecule has 0 aliphatic carbocycles. The van der Waals surface area contributed by atoms with Crippen LogP contribution in [0.2, 0.25) is 0 Å². The summed E-state index contributed by atoms with van der Waals surface area (Å²) in [6.07, 6.45) is 1.20. The molecule has 4 aromatic rings. The Hall–Kier alpha value is -4.31. The predicted molar refractivity (Wildman–Crippen MR) is 140 cm³/mol. The number of aromatic nitrogens is 4. The minimum absolute atomic E-state index is 0.149. The molecule has 0 saturated heterocycles. The van der Waals surface area contributed by atoms with Crippen molar-refractivity contribution in [3.8, 4) is 17.1 Å². The first kappa shape index (κ1) is 24.4. The molecule has 0 saturated carbocycles. The minimum atomic E-state index is -0.637. The number of aryl methyl sites for hydroxylation is 1. The van der Waals surface area contributed by atoms with Crippen LogP contribution in [0.5, 0.6) is 5.75 Å². The van der Waals surface area contributed by atoms with Gasteiger partial charge in [-0.05, 0) is 66.6 Å². The summed E-state index contributed by atoms with van der Waals surface area (Å²) < 4.78 is 5.73. The molecule has 0 bridgehead atoms. The molecule has 10 nitrogen and oxygen atoms in total. The van der Waals surface area contributed by atoms with E-state index in [0.29, 0.717) is 24.4 Å². The van der Waals surface area contributed by atoms with Crippen molar-refractivity contribution in [2.45, 2.75) is 38.4 Å². The fraction of sp³-hybridized carbons (Fsp3) is 0.296. The first-order valence-corrected chi connectivity index (χ1v) is 12.2. The van der Waals surface area contributed by atoms with Crippen LogP contribution in [-0.4, -0.2) is 58.7 Å². The average Bonchev–Trinajstić information content (AvgIpc) is 3.44. The topological polar surface area (TPSA) is 125 Å². The summed E-state index contributed by atoms with van der Waals surface area (Å²) in [5.41, 5.74) is 3.61. The standard InChI is InChI=1S/C27H29N7O3/c1-16(28-2)26(35)29-22-12-9-17-6-4-5-7-23(17)34(27(22)36)15-21-20-11-8-19(25-30-32-33-31-25)14-18(20)10-13-24(21)37-3/h4-8,10-11,13-14,16,22,28H,9,12,15H2,1-3H3,(H,29,35)(H,30,31,32,33). The summed E-state index contributed by atoms with van der Waals surface area (Å²) in [5.74, 6) is 0.830. The van der Waals surface area contributed by atoms with Crippen LogP contribution in [0.25, 0.3) is 22.2 Å². The molecule has 0 fully saturated rings. The molecule has 10 heteroatoms. The Balaban J connectivity index is 1.56. The van der Waals surface area contributed by atoms with E-state index in [9.17, 15) is 9.59 Å². The number of carbonyl (C=O) groups is 2. The number of carbonyl (C=O) groups excluding carboxylic acids is 2. The molecule has 1 aromatic heterocycles. The molecule has 1 aliphatic rings. The van der Waals surface area contributed by atoms with E-state index in [-0.39, 0.29) is 18.4 Å². The van der Waals surface area contributed by atoms with Gasteiger partial charge in [-0.25, -0.2) is 0 Å². The lowest BCUT2D eigenvalue weighted by atomic mass is 10.00. The van der Waals surface area contributed by atoms with E-state index in [1.807, 2.05) is 54.6 Å². The SMILES string of the molecule is CNC(C)C(=O)NC1CCc2ccccc2N(Cc2c(OC)ccc3cc(-c4nn[nH]n4)ccc23)C1=O. The van der Waals surface area contributed by atoms with E-state index < -0.39 is 12.1 Å². The molecule has 2 amide bonds. The number of aromatic amines is 1. The second kappa shape index (κ2) is 10.4. The maximum atomic E-state index is 13.9. The van der Waals surface area contributed by atoms with Crippen LogP contribution in [0.15, 0.2) is 54.6 Å². The number of rotatable bonds is 7. The van der Waals surface area contributed by atoms with Gasteiger partial charge in [0.1, 0.15) is 11.8 Å². The van der Waals surface area contributed by atoms with E-state index in [0.717, 1.165) is 33.2 Å². The summed E-state index contributed by atoms with van der Waals surface area (Å²) in [5, 5.41) is 22.1. The molecule has 37 heavy (non-hydrogen) atoms. The number of hydrogen-bond acceptors (Lipinski definition) is 7. The van der Waals surface area contributed by atoms with Crippen LogP contribution in [0.3, 0.4) is 0 Å². The lowest BCUT2D eigenvalue weighted by molar-refractivity contribution is -0.128. The van der Waals surface area contributed by atoms with Gasteiger partial charge in [0, 0.05) is 16.8 Å². The number of para-hydroxylation sites is 1. The predicted octanol–water partition coefficient (Wildman–Crippen LogP) is 2.60. The van der Waals surface area contributed by atoms with Gasteiger partial charge in [0.25, 0.3) is 0 Å². The van der Waals surface area contributed by atoms with Crippen molar-refractivity contribution in [1.29, 1.82) is 0 Å². The van der Waals surface area contributed by atoms with E-state index >= 15 is 0 Å². The Labute approximate surface area is 214 Å². The zero-order chi connectivity index (χ0) is 25.9.